The second-order valence-corrected chi connectivity index (χ2v) is 9.10. The molecule has 1 aliphatic heterocycles. The minimum Gasteiger partial charge on any atom is -0.446 e. The third kappa shape index (κ3) is 3.81. The summed E-state index contributed by atoms with van der Waals surface area (Å²) in [5, 5.41) is 0. The van der Waals surface area contributed by atoms with Gasteiger partial charge in [0.05, 0.1) is 16.7 Å². The van der Waals surface area contributed by atoms with Crippen LogP contribution in [0.15, 0.2) is 73.6 Å². The lowest BCUT2D eigenvalue weighted by Crippen LogP contribution is -2.35. The Morgan fingerprint density at radius 2 is 1.97 bits per heavy atom. The summed E-state index contributed by atoms with van der Waals surface area (Å²) in [5.74, 6) is 0.499. The number of nitrogens with two attached hydrogens (primary N) is 1. The van der Waals surface area contributed by atoms with Crippen molar-refractivity contribution >= 4 is 49.6 Å². The van der Waals surface area contributed by atoms with Crippen molar-refractivity contribution < 1.29 is 12.8 Å². The Hall–Kier alpha value is -2.62. The van der Waals surface area contributed by atoms with Crippen LogP contribution in [0.1, 0.15) is 24.2 Å². The molecule has 1 aliphatic rings. The molecule has 0 bridgehead atoms. The molecular weight excluding hydrogens is 456 g/mol. The standard InChI is InChI=1S/C20H19BrN4O3S/c1-2-13-11-14(21)3-8-18(13)29(26,27)24-15-4-6-16(7-5-15)25-12-23-20-17(19(25)22)9-10-28-20/h3-12,19,24H,2,22H2,1H3. The first-order valence-electron chi connectivity index (χ1n) is 8.96. The predicted molar refractivity (Wildman–Crippen MR) is 117 cm³/mol. The van der Waals surface area contributed by atoms with Crippen molar-refractivity contribution in [2.45, 2.75) is 24.4 Å². The van der Waals surface area contributed by atoms with E-state index < -0.39 is 16.2 Å². The van der Waals surface area contributed by atoms with Gasteiger partial charge in [0.1, 0.15) is 12.5 Å². The second-order valence-electron chi connectivity index (χ2n) is 6.54. The first kappa shape index (κ1) is 19.7. The lowest BCUT2D eigenvalue weighted by molar-refractivity contribution is 0.567. The van der Waals surface area contributed by atoms with Crippen molar-refractivity contribution in [3.63, 3.8) is 0 Å². The van der Waals surface area contributed by atoms with E-state index in [4.69, 9.17) is 10.2 Å². The minimum absolute atomic E-state index is 0.268. The number of furan rings is 1. The van der Waals surface area contributed by atoms with Crippen LogP contribution in [0.25, 0.3) is 0 Å². The zero-order valence-electron chi connectivity index (χ0n) is 15.5. The van der Waals surface area contributed by atoms with Crippen molar-refractivity contribution in [2.24, 2.45) is 10.7 Å². The van der Waals surface area contributed by atoms with E-state index in [1.54, 1.807) is 60.0 Å². The fourth-order valence-corrected chi connectivity index (χ4v) is 4.96. The van der Waals surface area contributed by atoms with Gasteiger partial charge in [-0.25, -0.2) is 13.4 Å². The molecule has 0 fully saturated rings. The molecular formula is C20H19BrN4O3S. The first-order valence-corrected chi connectivity index (χ1v) is 11.2. The van der Waals surface area contributed by atoms with E-state index >= 15 is 0 Å². The van der Waals surface area contributed by atoms with Gasteiger partial charge in [0, 0.05) is 15.8 Å². The SMILES string of the molecule is CCc1cc(Br)ccc1S(=O)(=O)Nc1ccc(N2C=Nc3occc3C2N)cc1. The number of aryl methyl sites for hydroxylation is 1. The van der Waals surface area contributed by atoms with Crippen LogP contribution >= 0.6 is 15.9 Å². The van der Waals surface area contributed by atoms with Gasteiger partial charge in [-0.15, -0.1) is 0 Å². The highest BCUT2D eigenvalue weighted by Crippen LogP contribution is 2.34. The highest BCUT2D eigenvalue weighted by Gasteiger charge is 2.24. The van der Waals surface area contributed by atoms with Crippen LogP contribution in [0, 0.1) is 0 Å². The normalized spacial score (nSPS) is 16.0. The lowest BCUT2D eigenvalue weighted by atomic mass is 10.2. The molecule has 0 saturated heterocycles. The molecule has 1 aromatic heterocycles. The number of sulfonamides is 1. The van der Waals surface area contributed by atoms with Crippen molar-refractivity contribution in [1.29, 1.82) is 0 Å². The third-order valence-corrected chi connectivity index (χ3v) is 6.68. The van der Waals surface area contributed by atoms with E-state index in [1.165, 1.54) is 0 Å². The largest absolute Gasteiger partial charge is 0.446 e. The number of hydrogen-bond acceptors (Lipinski definition) is 6. The predicted octanol–water partition coefficient (Wildman–Crippen LogP) is 4.54. The molecule has 3 N–H and O–H groups in total. The Bertz CT molecular complexity index is 1170. The summed E-state index contributed by atoms with van der Waals surface area (Å²) < 4.78 is 34.5. The van der Waals surface area contributed by atoms with Crippen LogP contribution < -0.4 is 15.4 Å². The average molecular weight is 475 g/mol. The van der Waals surface area contributed by atoms with Crippen LogP contribution in [-0.2, 0) is 16.4 Å². The molecule has 0 spiro atoms. The number of hydrogen-bond donors (Lipinski definition) is 2. The molecule has 2 heterocycles. The number of aliphatic imine (C=N–C) groups is 1. The monoisotopic (exact) mass is 474 g/mol. The maximum atomic E-state index is 12.9. The van der Waals surface area contributed by atoms with Crippen LogP contribution in [0.2, 0.25) is 0 Å². The van der Waals surface area contributed by atoms with Gasteiger partial charge in [0.15, 0.2) is 0 Å². The summed E-state index contributed by atoms with van der Waals surface area (Å²) in [7, 11) is -3.70. The van der Waals surface area contributed by atoms with Gasteiger partial charge in [-0.1, -0.05) is 22.9 Å². The summed E-state index contributed by atoms with van der Waals surface area (Å²) in [5.41, 5.74) is 9.07. The van der Waals surface area contributed by atoms with Crippen molar-refractivity contribution in [1.82, 2.24) is 0 Å². The molecule has 3 aromatic rings. The molecule has 0 radical (unpaired) electrons. The fraction of sp³-hybridized carbons (Fsp3) is 0.150. The van der Waals surface area contributed by atoms with Gasteiger partial charge in [-0.05, 0) is 60.5 Å². The Balaban J connectivity index is 1.56. The van der Waals surface area contributed by atoms with E-state index in [0.717, 1.165) is 21.3 Å². The van der Waals surface area contributed by atoms with Gasteiger partial charge < -0.3 is 15.1 Å². The molecule has 0 amide bonds. The fourth-order valence-electron chi connectivity index (χ4n) is 3.20. The molecule has 4 rings (SSSR count). The molecule has 7 nitrogen and oxygen atoms in total. The molecule has 1 atom stereocenters. The maximum Gasteiger partial charge on any atom is 0.262 e. The zero-order chi connectivity index (χ0) is 20.6. The van der Waals surface area contributed by atoms with Crippen molar-refractivity contribution in [3.05, 3.63) is 70.4 Å². The van der Waals surface area contributed by atoms with E-state index in [0.29, 0.717) is 18.0 Å². The summed E-state index contributed by atoms with van der Waals surface area (Å²) in [6.07, 6.45) is 3.33. The van der Waals surface area contributed by atoms with Crippen LogP contribution in [0.4, 0.5) is 17.3 Å². The Morgan fingerprint density at radius 3 is 2.69 bits per heavy atom. The van der Waals surface area contributed by atoms with Gasteiger partial charge in [-0.2, -0.15) is 0 Å². The van der Waals surface area contributed by atoms with Gasteiger partial charge in [0.2, 0.25) is 5.88 Å². The average Bonchev–Trinajstić information content (AvgIpc) is 3.18. The Labute approximate surface area is 177 Å². The van der Waals surface area contributed by atoms with Gasteiger partial charge >= 0.3 is 0 Å². The first-order chi connectivity index (χ1) is 13.9. The topological polar surface area (TPSA) is 101 Å². The van der Waals surface area contributed by atoms with E-state index in [1.807, 2.05) is 13.0 Å². The third-order valence-electron chi connectivity index (χ3n) is 4.70. The second kappa shape index (κ2) is 7.66. The molecule has 2 aromatic carbocycles. The molecule has 150 valence electrons. The maximum absolute atomic E-state index is 12.9. The van der Waals surface area contributed by atoms with Gasteiger partial charge in [-0.3, -0.25) is 4.72 Å². The summed E-state index contributed by atoms with van der Waals surface area (Å²) in [6, 6.07) is 13.9. The molecule has 0 aliphatic carbocycles. The van der Waals surface area contributed by atoms with Crippen LogP contribution in [0.5, 0.6) is 0 Å². The van der Waals surface area contributed by atoms with Crippen molar-refractivity contribution in [2.75, 3.05) is 9.62 Å². The number of nitrogens with zero attached hydrogens (tertiary/aromatic N) is 2. The quantitative estimate of drug-likeness (QED) is 0.564. The number of nitrogens with one attached hydrogen (secondary N) is 1. The number of benzene rings is 2. The number of anilines is 2. The summed E-state index contributed by atoms with van der Waals surface area (Å²) in [6.45, 7) is 1.92. The highest BCUT2D eigenvalue weighted by molar-refractivity contribution is 9.10. The van der Waals surface area contributed by atoms with Crippen molar-refractivity contribution in [3.8, 4) is 0 Å². The minimum atomic E-state index is -3.70. The lowest BCUT2D eigenvalue weighted by Gasteiger charge is -2.29. The molecule has 1 unspecified atom stereocenters. The van der Waals surface area contributed by atoms with Crippen LogP contribution in [0.3, 0.4) is 0 Å². The summed E-state index contributed by atoms with van der Waals surface area (Å²) >= 11 is 3.38. The smallest absolute Gasteiger partial charge is 0.262 e. The van der Waals surface area contributed by atoms with E-state index in [2.05, 4.69) is 25.6 Å². The van der Waals surface area contributed by atoms with E-state index in [-0.39, 0.29) is 4.90 Å². The molecule has 29 heavy (non-hydrogen) atoms. The number of rotatable bonds is 5. The molecule has 0 saturated carbocycles. The van der Waals surface area contributed by atoms with Crippen LogP contribution in [-0.4, -0.2) is 14.8 Å². The zero-order valence-corrected chi connectivity index (χ0v) is 17.9. The number of fused-ring (bicyclic) bond motifs is 1. The Morgan fingerprint density at radius 1 is 1.21 bits per heavy atom. The molecule has 9 heteroatoms. The summed E-state index contributed by atoms with van der Waals surface area (Å²) in [4.78, 5) is 6.31. The number of halogens is 1. The van der Waals surface area contributed by atoms with E-state index in [9.17, 15) is 8.42 Å². The van der Waals surface area contributed by atoms with Gasteiger partial charge in [0.25, 0.3) is 10.0 Å². The highest BCUT2D eigenvalue weighted by atomic mass is 79.9. The Kier molecular flexibility index (Phi) is 5.20.